The lowest BCUT2D eigenvalue weighted by molar-refractivity contribution is -0.806. The van der Waals surface area contributed by atoms with Crippen molar-refractivity contribution in [1.29, 1.82) is 0 Å². The Kier molecular flexibility index (Phi) is 7.11. The van der Waals surface area contributed by atoms with Gasteiger partial charge in [0, 0.05) is 23.9 Å². The number of carbonyl (C=O) groups is 3. The average Bonchev–Trinajstić information content (AvgIpc) is 3.10. The summed E-state index contributed by atoms with van der Waals surface area (Å²) in [4.78, 5) is 37.2. The van der Waals surface area contributed by atoms with Crippen molar-refractivity contribution in [2.45, 2.75) is 24.5 Å². The molecule has 166 valence electrons. The first-order chi connectivity index (χ1) is 15.3. The number of aromatic nitrogens is 2. The van der Waals surface area contributed by atoms with E-state index >= 15 is 0 Å². The minimum atomic E-state index is -0.745. The van der Waals surface area contributed by atoms with Gasteiger partial charge >= 0.3 is 17.9 Å². The number of methoxy groups -OCH3 is 1. The van der Waals surface area contributed by atoms with Crippen LogP contribution in [-0.2, 0) is 15.3 Å². The van der Waals surface area contributed by atoms with Crippen LogP contribution in [0.4, 0.5) is 0 Å². The second kappa shape index (κ2) is 9.96. The maximum absolute atomic E-state index is 12.6. The fourth-order valence-corrected chi connectivity index (χ4v) is 3.46. The Morgan fingerprint density at radius 1 is 1.09 bits per heavy atom. The van der Waals surface area contributed by atoms with Crippen LogP contribution in [0, 0.1) is 12.1 Å². The number of hydrogen-bond donors (Lipinski definition) is 0. The van der Waals surface area contributed by atoms with Crippen LogP contribution in [0.2, 0.25) is 0 Å². The van der Waals surface area contributed by atoms with Crippen LogP contribution in [0.3, 0.4) is 0 Å². The fraction of sp³-hybridized carbons (Fsp3) is 0.190. The third-order valence-corrected chi connectivity index (χ3v) is 5.24. The van der Waals surface area contributed by atoms with E-state index in [4.69, 9.17) is 9.47 Å². The summed E-state index contributed by atoms with van der Waals surface area (Å²) in [5.41, 5.74) is 1.09. The van der Waals surface area contributed by atoms with E-state index in [2.05, 4.69) is 14.5 Å². The lowest BCUT2D eigenvalue weighted by Gasteiger charge is -2.13. The van der Waals surface area contributed by atoms with Gasteiger partial charge in [0.2, 0.25) is 5.69 Å². The molecule has 0 unspecified atom stereocenters. The predicted molar refractivity (Wildman–Crippen MR) is 110 cm³/mol. The summed E-state index contributed by atoms with van der Waals surface area (Å²) in [6.07, 6.45) is 0. The number of para-hydroxylation sites is 1. The number of nitrogens with zero attached hydrogens (tertiary/aromatic N) is 2. The largest absolute Gasteiger partial charge is 0.465 e. The predicted octanol–water partition coefficient (Wildman–Crippen LogP) is 2.84. The van der Waals surface area contributed by atoms with Gasteiger partial charge in [0.25, 0.3) is 0 Å². The number of benzene rings is 2. The van der Waals surface area contributed by atoms with E-state index in [0.717, 1.165) is 11.8 Å². The topological polar surface area (TPSA) is 132 Å². The fourth-order valence-electron chi connectivity index (χ4n) is 2.56. The zero-order valence-corrected chi connectivity index (χ0v) is 18.1. The molecule has 0 fully saturated rings. The van der Waals surface area contributed by atoms with Crippen LogP contribution in [0.25, 0.3) is 0 Å². The molecule has 0 saturated heterocycles. The molecular weight excluding hydrogens is 440 g/mol. The summed E-state index contributed by atoms with van der Waals surface area (Å²) in [6, 6.07) is 10.8. The number of thioether (sulfide) groups is 1. The second-order valence-electron chi connectivity index (χ2n) is 6.38. The first-order valence-electron chi connectivity index (χ1n) is 9.20. The molecule has 0 spiro atoms. The highest BCUT2D eigenvalue weighted by atomic mass is 32.2. The van der Waals surface area contributed by atoms with E-state index in [0.29, 0.717) is 22.0 Å². The van der Waals surface area contributed by atoms with Gasteiger partial charge in [0.1, 0.15) is 5.56 Å². The smallest absolute Gasteiger partial charge is 0.343 e. The van der Waals surface area contributed by atoms with Gasteiger partial charge in [-0.3, -0.25) is 9.42 Å². The molecule has 32 heavy (non-hydrogen) atoms. The van der Waals surface area contributed by atoms with E-state index in [1.165, 1.54) is 37.1 Å². The van der Waals surface area contributed by atoms with Gasteiger partial charge < -0.3 is 19.4 Å². The summed E-state index contributed by atoms with van der Waals surface area (Å²) >= 11 is 1.41. The van der Waals surface area contributed by atoms with Gasteiger partial charge in [-0.15, -0.1) is 11.8 Å². The Hall–Kier alpha value is -3.86. The van der Waals surface area contributed by atoms with Crippen molar-refractivity contribution in [3.05, 3.63) is 70.2 Å². The lowest BCUT2D eigenvalue weighted by atomic mass is 10.2. The Bertz CT molecular complexity index is 1160. The van der Waals surface area contributed by atoms with E-state index in [-0.39, 0.29) is 22.6 Å². The molecule has 3 aromatic rings. The number of hydrogen-bond acceptors (Lipinski definition) is 10. The average molecular weight is 458 g/mol. The van der Waals surface area contributed by atoms with Gasteiger partial charge in [0.05, 0.1) is 18.4 Å². The summed E-state index contributed by atoms with van der Waals surface area (Å²) < 4.78 is 19.7. The summed E-state index contributed by atoms with van der Waals surface area (Å²) in [5, 5.41) is 14.9. The molecule has 1 heterocycles. The molecular formula is C21H18N2O8S. The van der Waals surface area contributed by atoms with Crippen LogP contribution in [-0.4, -0.2) is 30.2 Å². The molecule has 0 N–H and O–H groups in total. The number of ether oxygens (including phenoxy) is 3. The Morgan fingerprint density at radius 3 is 2.41 bits per heavy atom. The Labute approximate surface area is 186 Å². The maximum atomic E-state index is 12.6. The van der Waals surface area contributed by atoms with Crippen molar-refractivity contribution in [1.82, 2.24) is 5.16 Å². The van der Waals surface area contributed by atoms with Crippen LogP contribution < -0.4 is 14.4 Å². The first-order valence-corrected chi connectivity index (χ1v) is 10.2. The number of esters is 3. The summed E-state index contributed by atoms with van der Waals surface area (Å²) in [7, 11) is 1.18. The standard InChI is InChI=1S/C21H18N2O8S/c1-12-17(22-31-23(12)27)11-32-15-9-7-14(8-10-15)20(25)30-18-6-4-5-16(21(26)28-3)19(18)29-13(2)24/h4-10H,11H2,1-3H3. The highest BCUT2D eigenvalue weighted by Crippen LogP contribution is 2.33. The van der Waals surface area contributed by atoms with E-state index < -0.39 is 17.9 Å². The quantitative estimate of drug-likeness (QED) is 0.225. The van der Waals surface area contributed by atoms with Crippen molar-refractivity contribution in [2.75, 3.05) is 7.11 Å². The molecule has 11 heteroatoms. The molecule has 0 radical (unpaired) electrons. The van der Waals surface area contributed by atoms with Crippen LogP contribution in [0.5, 0.6) is 11.5 Å². The minimum Gasteiger partial charge on any atom is -0.465 e. The highest BCUT2D eigenvalue weighted by molar-refractivity contribution is 7.98. The molecule has 0 amide bonds. The van der Waals surface area contributed by atoms with Gasteiger partial charge in [-0.1, -0.05) is 6.07 Å². The summed E-state index contributed by atoms with van der Waals surface area (Å²) in [5.74, 6) is -2.03. The number of carbonyl (C=O) groups excluding carboxylic acids is 3. The highest BCUT2D eigenvalue weighted by Gasteiger charge is 2.22. The normalized spacial score (nSPS) is 10.5. The first kappa shape index (κ1) is 22.8. The van der Waals surface area contributed by atoms with Crippen molar-refractivity contribution in [3.8, 4) is 11.5 Å². The molecule has 1 aromatic heterocycles. The van der Waals surface area contributed by atoms with E-state index in [9.17, 15) is 19.6 Å². The third kappa shape index (κ3) is 5.24. The summed E-state index contributed by atoms with van der Waals surface area (Å²) in [6.45, 7) is 2.77. The van der Waals surface area contributed by atoms with Gasteiger partial charge in [-0.05, 0) is 41.3 Å². The Balaban J connectivity index is 1.73. The lowest BCUT2D eigenvalue weighted by Crippen LogP contribution is -2.25. The zero-order valence-electron chi connectivity index (χ0n) is 17.3. The SMILES string of the molecule is COC(=O)c1cccc(OC(=O)c2ccc(SCc3no[n+]([O-])c3C)cc2)c1OC(C)=O. The van der Waals surface area contributed by atoms with Crippen molar-refractivity contribution < 1.29 is 38.1 Å². The molecule has 0 bridgehead atoms. The molecule has 10 nitrogen and oxygen atoms in total. The van der Waals surface area contributed by atoms with Crippen LogP contribution in [0.15, 0.2) is 52.0 Å². The monoisotopic (exact) mass is 458 g/mol. The maximum Gasteiger partial charge on any atom is 0.343 e. The molecule has 0 aliphatic rings. The molecule has 0 aliphatic heterocycles. The van der Waals surface area contributed by atoms with E-state index in [1.54, 1.807) is 31.2 Å². The van der Waals surface area contributed by atoms with Gasteiger partial charge in [-0.25, -0.2) is 9.59 Å². The van der Waals surface area contributed by atoms with Crippen molar-refractivity contribution >= 4 is 29.7 Å². The van der Waals surface area contributed by atoms with Gasteiger partial charge in [-0.2, -0.15) is 0 Å². The zero-order chi connectivity index (χ0) is 23.3. The minimum absolute atomic E-state index is 0.0534. The Morgan fingerprint density at radius 2 is 1.81 bits per heavy atom. The molecule has 0 saturated carbocycles. The molecule has 0 atom stereocenters. The molecule has 0 aliphatic carbocycles. The number of rotatable bonds is 7. The molecule has 2 aromatic carbocycles. The van der Waals surface area contributed by atoms with Crippen molar-refractivity contribution in [2.24, 2.45) is 0 Å². The van der Waals surface area contributed by atoms with E-state index in [1.807, 2.05) is 0 Å². The van der Waals surface area contributed by atoms with Crippen LogP contribution in [0.1, 0.15) is 39.0 Å². The van der Waals surface area contributed by atoms with Crippen molar-refractivity contribution in [3.63, 3.8) is 0 Å². The third-order valence-electron chi connectivity index (χ3n) is 4.21. The van der Waals surface area contributed by atoms with Gasteiger partial charge in [0.15, 0.2) is 17.2 Å². The van der Waals surface area contributed by atoms with Crippen LogP contribution >= 0.6 is 11.8 Å². The second-order valence-corrected chi connectivity index (χ2v) is 7.43. The molecule has 3 rings (SSSR count).